The molecule has 1 aliphatic rings. The number of nitrogens with one attached hydrogen (secondary N) is 2. The fraction of sp³-hybridized carbons (Fsp3) is 0.304. The van der Waals surface area contributed by atoms with E-state index in [4.69, 9.17) is 4.74 Å². The van der Waals surface area contributed by atoms with Crippen LogP contribution in [0.1, 0.15) is 35.4 Å². The van der Waals surface area contributed by atoms with Gasteiger partial charge in [0, 0.05) is 19.3 Å². The minimum Gasteiger partial charge on any atom is -0.487 e. The van der Waals surface area contributed by atoms with Crippen molar-refractivity contribution in [2.75, 3.05) is 30.3 Å². The molecule has 1 atom stereocenters. The standard InChI is InChI=1S/C23H21F4N5O4/c1-11-10-36-21-18(30-8-4-7-29-14-6-3-5-13(31-14)23(25,26)27)16(24)17(28-2)15-19(21)32(11)9-12(20(15)33)22(34)35/h3,5-6,9,11,30H,2,4,7-8,10H2,1H3,(H,29,31)(H,34,35). The molecule has 0 spiro atoms. The molecule has 0 saturated heterocycles. The summed E-state index contributed by atoms with van der Waals surface area (Å²) in [5.41, 5.74) is -2.73. The normalized spacial score (nSPS) is 14.9. The van der Waals surface area contributed by atoms with Crippen LogP contribution in [-0.4, -0.2) is 47.0 Å². The Kier molecular flexibility index (Phi) is 6.57. The molecule has 0 saturated carbocycles. The number of rotatable bonds is 8. The van der Waals surface area contributed by atoms with Gasteiger partial charge in [0.15, 0.2) is 11.6 Å². The van der Waals surface area contributed by atoms with Gasteiger partial charge >= 0.3 is 12.1 Å². The van der Waals surface area contributed by atoms with Crippen molar-refractivity contribution in [3.05, 3.63) is 51.7 Å². The highest BCUT2D eigenvalue weighted by atomic mass is 19.4. The molecule has 0 radical (unpaired) electrons. The van der Waals surface area contributed by atoms with E-state index < -0.39 is 40.3 Å². The Labute approximate surface area is 201 Å². The number of carboxylic acids is 1. The van der Waals surface area contributed by atoms with Crippen LogP contribution in [0.3, 0.4) is 0 Å². The van der Waals surface area contributed by atoms with Crippen LogP contribution < -0.4 is 20.8 Å². The van der Waals surface area contributed by atoms with E-state index in [0.29, 0.717) is 6.42 Å². The van der Waals surface area contributed by atoms with Crippen molar-refractivity contribution >= 4 is 40.8 Å². The lowest BCUT2D eigenvalue weighted by Crippen LogP contribution is -2.27. The molecule has 36 heavy (non-hydrogen) atoms. The number of aromatic nitrogens is 2. The molecule has 0 aliphatic carbocycles. The number of nitrogens with zero attached hydrogens (tertiary/aromatic N) is 3. The van der Waals surface area contributed by atoms with E-state index in [0.717, 1.165) is 6.07 Å². The second kappa shape index (κ2) is 9.47. The number of anilines is 2. The van der Waals surface area contributed by atoms with E-state index in [-0.39, 0.29) is 53.9 Å². The highest BCUT2D eigenvalue weighted by Gasteiger charge is 2.33. The number of carbonyl (C=O) groups is 1. The second-order valence-corrected chi connectivity index (χ2v) is 8.11. The number of hydrogen-bond acceptors (Lipinski definition) is 7. The molecular formula is C23H21F4N5O4. The average Bonchev–Trinajstić information content (AvgIpc) is 2.82. The third-order valence-electron chi connectivity index (χ3n) is 5.67. The zero-order valence-electron chi connectivity index (χ0n) is 18.9. The van der Waals surface area contributed by atoms with E-state index in [1.54, 1.807) is 11.5 Å². The van der Waals surface area contributed by atoms with Crippen LogP contribution in [0.4, 0.5) is 34.8 Å². The van der Waals surface area contributed by atoms with Gasteiger partial charge in [0.2, 0.25) is 5.43 Å². The Hall–Kier alpha value is -4.16. The van der Waals surface area contributed by atoms with Gasteiger partial charge in [-0.1, -0.05) is 6.07 Å². The third-order valence-corrected chi connectivity index (χ3v) is 5.67. The molecule has 3 aromatic rings. The summed E-state index contributed by atoms with van der Waals surface area (Å²) in [6, 6.07) is 3.16. The highest BCUT2D eigenvalue weighted by Crippen LogP contribution is 2.45. The smallest absolute Gasteiger partial charge is 0.433 e. The summed E-state index contributed by atoms with van der Waals surface area (Å²) in [7, 11) is 0. The molecule has 1 aromatic carbocycles. The van der Waals surface area contributed by atoms with E-state index in [9.17, 15) is 27.9 Å². The van der Waals surface area contributed by atoms with Gasteiger partial charge in [-0.05, 0) is 32.2 Å². The van der Waals surface area contributed by atoms with Crippen molar-refractivity contribution in [1.82, 2.24) is 9.55 Å². The number of halogens is 4. The van der Waals surface area contributed by atoms with Crippen LogP contribution in [0.25, 0.3) is 10.9 Å². The summed E-state index contributed by atoms with van der Waals surface area (Å²) >= 11 is 0. The van der Waals surface area contributed by atoms with E-state index in [2.05, 4.69) is 27.3 Å². The van der Waals surface area contributed by atoms with Gasteiger partial charge in [0.25, 0.3) is 0 Å². The van der Waals surface area contributed by atoms with Gasteiger partial charge in [0.1, 0.15) is 35.1 Å². The summed E-state index contributed by atoms with van der Waals surface area (Å²) in [4.78, 5) is 31.7. The molecule has 0 amide bonds. The van der Waals surface area contributed by atoms with Crippen LogP contribution in [0.15, 0.2) is 34.2 Å². The summed E-state index contributed by atoms with van der Waals surface area (Å²) in [6.45, 7) is 5.59. The minimum atomic E-state index is -4.56. The maximum absolute atomic E-state index is 15.4. The fourth-order valence-electron chi connectivity index (χ4n) is 3.97. The lowest BCUT2D eigenvalue weighted by molar-refractivity contribution is -0.141. The van der Waals surface area contributed by atoms with Crippen molar-refractivity contribution in [3.8, 4) is 5.75 Å². The van der Waals surface area contributed by atoms with Gasteiger partial charge in [-0.25, -0.2) is 14.2 Å². The van der Waals surface area contributed by atoms with Crippen LogP contribution in [0.5, 0.6) is 5.75 Å². The number of pyridine rings is 2. The first-order valence-electron chi connectivity index (χ1n) is 10.8. The molecule has 0 fully saturated rings. The first-order chi connectivity index (χ1) is 17.0. The predicted molar refractivity (Wildman–Crippen MR) is 125 cm³/mol. The van der Waals surface area contributed by atoms with Crippen LogP contribution in [0.2, 0.25) is 0 Å². The van der Waals surface area contributed by atoms with Gasteiger partial charge in [-0.2, -0.15) is 13.2 Å². The monoisotopic (exact) mass is 507 g/mol. The summed E-state index contributed by atoms with van der Waals surface area (Å²) < 4.78 is 61.2. The molecule has 1 unspecified atom stereocenters. The van der Waals surface area contributed by atoms with Gasteiger partial charge < -0.3 is 25.0 Å². The van der Waals surface area contributed by atoms with Gasteiger partial charge in [-0.3, -0.25) is 9.79 Å². The lowest BCUT2D eigenvalue weighted by atomic mass is 10.0. The van der Waals surface area contributed by atoms with Gasteiger partial charge in [0.05, 0.1) is 16.9 Å². The summed E-state index contributed by atoms with van der Waals surface area (Å²) in [6.07, 6.45) is -3.01. The molecule has 9 nitrogen and oxygen atoms in total. The first kappa shape index (κ1) is 24.9. The third kappa shape index (κ3) is 4.43. The highest BCUT2D eigenvalue weighted by molar-refractivity contribution is 6.03. The molecule has 3 N–H and O–H groups in total. The molecule has 3 heterocycles. The molecule has 190 valence electrons. The Balaban J connectivity index is 1.60. The lowest BCUT2D eigenvalue weighted by Gasteiger charge is -2.29. The number of carboxylic acid groups (broad SMARTS) is 1. The number of aromatic carboxylic acids is 1. The number of benzene rings is 1. The topological polar surface area (TPSA) is 118 Å². The largest absolute Gasteiger partial charge is 0.487 e. The Bertz CT molecular complexity index is 1420. The average molecular weight is 507 g/mol. The van der Waals surface area contributed by atoms with Gasteiger partial charge in [-0.15, -0.1) is 0 Å². The summed E-state index contributed by atoms with van der Waals surface area (Å²) in [5, 5.41) is 14.9. The second-order valence-electron chi connectivity index (χ2n) is 8.11. The Morgan fingerprint density at radius 2 is 2.06 bits per heavy atom. The van der Waals surface area contributed by atoms with Crippen molar-refractivity contribution in [2.45, 2.75) is 25.6 Å². The quantitative estimate of drug-likeness (QED) is 0.234. The minimum absolute atomic E-state index is 0.0366. The van der Waals surface area contributed by atoms with Crippen LogP contribution >= 0.6 is 0 Å². The Morgan fingerprint density at radius 1 is 1.33 bits per heavy atom. The van der Waals surface area contributed by atoms with E-state index in [1.165, 1.54) is 18.3 Å². The molecule has 0 bridgehead atoms. The molecule has 13 heteroatoms. The van der Waals surface area contributed by atoms with E-state index in [1.807, 2.05) is 0 Å². The van der Waals surface area contributed by atoms with Crippen molar-refractivity contribution in [2.24, 2.45) is 4.99 Å². The van der Waals surface area contributed by atoms with Crippen LogP contribution in [0, 0.1) is 5.82 Å². The maximum atomic E-state index is 15.4. The van der Waals surface area contributed by atoms with Crippen molar-refractivity contribution < 1.29 is 32.2 Å². The SMILES string of the molecule is C=Nc1c(F)c(NCCCNc2cccc(C(F)(F)F)n2)c2c3c1c(=O)c(C(=O)O)cn3C(C)CO2. The predicted octanol–water partition coefficient (Wildman–Crippen LogP) is 4.45. The molecule has 1 aliphatic heterocycles. The first-order valence-corrected chi connectivity index (χ1v) is 10.8. The summed E-state index contributed by atoms with van der Waals surface area (Å²) in [5.74, 6) is -2.30. The zero-order chi connectivity index (χ0) is 26.2. The fourth-order valence-corrected chi connectivity index (χ4v) is 3.97. The number of ether oxygens (including phenoxy) is 1. The maximum Gasteiger partial charge on any atom is 0.433 e. The zero-order valence-corrected chi connectivity index (χ0v) is 18.9. The number of alkyl halides is 3. The Morgan fingerprint density at radius 3 is 2.72 bits per heavy atom. The van der Waals surface area contributed by atoms with E-state index >= 15 is 4.39 Å². The number of hydrogen-bond donors (Lipinski definition) is 3. The molecule has 2 aromatic heterocycles. The molecular weight excluding hydrogens is 486 g/mol. The number of aliphatic imine (C=N–C) groups is 1. The van der Waals surface area contributed by atoms with Crippen molar-refractivity contribution in [1.29, 1.82) is 0 Å². The molecule has 4 rings (SSSR count). The van der Waals surface area contributed by atoms with Crippen LogP contribution in [-0.2, 0) is 6.18 Å². The van der Waals surface area contributed by atoms with Crippen molar-refractivity contribution in [3.63, 3.8) is 0 Å².